The Hall–Kier alpha value is -1.20. The molecule has 5 heteroatoms. The first-order valence-electron chi connectivity index (χ1n) is 8.15. The Balaban J connectivity index is 2.03. The third-order valence-electron chi connectivity index (χ3n) is 4.29. The van der Waals surface area contributed by atoms with E-state index in [4.69, 9.17) is 5.73 Å². The second kappa shape index (κ2) is 7.71. The molecule has 0 spiro atoms. The van der Waals surface area contributed by atoms with Crippen molar-refractivity contribution in [2.75, 3.05) is 37.6 Å². The molecule has 21 heavy (non-hydrogen) atoms. The van der Waals surface area contributed by atoms with E-state index in [0.717, 1.165) is 56.5 Å². The Labute approximate surface area is 128 Å². The molecule has 0 aromatic carbocycles. The first-order valence-corrected chi connectivity index (χ1v) is 8.15. The lowest BCUT2D eigenvalue weighted by Crippen LogP contribution is -2.39. The molecule has 118 valence electrons. The van der Waals surface area contributed by atoms with Crippen LogP contribution in [-0.2, 0) is 0 Å². The van der Waals surface area contributed by atoms with Gasteiger partial charge in [-0.1, -0.05) is 6.92 Å². The summed E-state index contributed by atoms with van der Waals surface area (Å²) in [5.41, 5.74) is 6.80. The molecular formula is C16H29N5. The minimum absolute atomic E-state index is 0.629. The van der Waals surface area contributed by atoms with Crippen LogP contribution in [0.2, 0.25) is 0 Å². The van der Waals surface area contributed by atoms with Gasteiger partial charge in [0.1, 0.15) is 11.6 Å². The maximum atomic E-state index is 5.75. The summed E-state index contributed by atoms with van der Waals surface area (Å²) < 4.78 is 0. The van der Waals surface area contributed by atoms with Crippen LogP contribution in [0.3, 0.4) is 0 Å². The Morgan fingerprint density at radius 1 is 1.19 bits per heavy atom. The van der Waals surface area contributed by atoms with Gasteiger partial charge in [0, 0.05) is 44.0 Å². The topological polar surface area (TPSA) is 58.3 Å². The molecule has 0 radical (unpaired) electrons. The van der Waals surface area contributed by atoms with Crippen molar-refractivity contribution in [2.45, 2.75) is 46.1 Å². The molecule has 1 aliphatic rings. The second-order valence-electron chi connectivity index (χ2n) is 5.93. The van der Waals surface area contributed by atoms with Crippen LogP contribution in [0.15, 0.2) is 6.07 Å². The summed E-state index contributed by atoms with van der Waals surface area (Å²) in [5, 5.41) is 0. The monoisotopic (exact) mass is 291 g/mol. The molecule has 0 aliphatic carbocycles. The molecular weight excluding hydrogens is 262 g/mol. The van der Waals surface area contributed by atoms with Gasteiger partial charge in [0.15, 0.2) is 0 Å². The van der Waals surface area contributed by atoms with Crippen molar-refractivity contribution in [1.29, 1.82) is 0 Å². The molecule has 1 saturated heterocycles. The maximum absolute atomic E-state index is 5.75. The number of anilines is 1. The summed E-state index contributed by atoms with van der Waals surface area (Å²) >= 11 is 0. The summed E-state index contributed by atoms with van der Waals surface area (Å²) in [6.45, 7) is 11.4. The van der Waals surface area contributed by atoms with Crippen LogP contribution in [0, 0.1) is 13.8 Å². The van der Waals surface area contributed by atoms with Crippen molar-refractivity contribution in [3.8, 4) is 0 Å². The number of hydrogen-bond donors (Lipinski definition) is 1. The van der Waals surface area contributed by atoms with Gasteiger partial charge in [-0.2, -0.15) is 0 Å². The molecule has 1 atom stereocenters. The highest BCUT2D eigenvalue weighted by Gasteiger charge is 2.21. The van der Waals surface area contributed by atoms with E-state index in [-0.39, 0.29) is 0 Å². The van der Waals surface area contributed by atoms with Gasteiger partial charge in [0.2, 0.25) is 0 Å². The minimum Gasteiger partial charge on any atom is -0.355 e. The summed E-state index contributed by atoms with van der Waals surface area (Å²) in [5.74, 6) is 1.94. The van der Waals surface area contributed by atoms with Gasteiger partial charge in [-0.25, -0.2) is 9.97 Å². The van der Waals surface area contributed by atoms with Crippen molar-refractivity contribution >= 4 is 5.82 Å². The molecule has 1 aromatic rings. The Bertz CT molecular complexity index is 428. The number of nitrogens with two attached hydrogens (primary N) is 1. The van der Waals surface area contributed by atoms with Gasteiger partial charge in [-0.15, -0.1) is 0 Å². The lowest BCUT2D eigenvalue weighted by Gasteiger charge is -2.29. The SMILES string of the molecule is CCC(CCN)N1CCCN(c2cc(C)nc(C)n2)CC1. The van der Waals surface area contributed by atoms with Gasteiger partial charge in [-0.3, -0.25) is 4.90 Å². The lowest BCUT2D eigenvalue weighted by atomic mass is 10.1. The Kier molecular flexibility index (Phi) is 5.94. The molecule has 0 bridgehead atoms. The summed E-state index contributed by atoms with van der Waals surface area (Å²) in [6, 6.07) is 2.73. The molecule has 1 aromatic heterocycles. The van der Waals surface area contributed by atoms with E-state index >= 15 is 0 Å². The van der Waals surface area contributed by atoms with Crippen molar-refractivity contribution in [3.05, 3.63) is 17.6 Å². The summed E-state index contributed by atoms with van der Waals surface area (Å²) in [4.78, 5) is 14.0. The van der Waals surface area contributed by atoms with Crippen LogP contribution < -0.4 is 10.6 Å². The van der Waals surface area contributed by atoms with Crippen molar-refractivity contribution < 1.29 is 0 Å². The fraction of sp³-hybridized carbons (Fsp3) is 0.750. The number of aromatic nitrogens is 2. The van der Waals surface area contributed by atoms with Gasteiger partial charge in [-0.05, 0) is 39.7 Å². The highest BCUT2D eigenvalue weighted by molar-refractivity contribution is 5.39. The van der Waals surface area contributed by atoms with E-state index in [1.165, 1.54) is 12.8 Å². The van der Waals surface area contributed by atoms with Gasteiger partial charge in [0.25, 0.3) is 0 Å². The molecule has 1 aliphatic heterocycles. The molecule has 2 rings (SSSR count). The van der Waals surface area contributed by atoms with Gasteiger partial charge >= 0.3 is 0 Å². The first-order chi connectivity index (χ1) is 10.1. The molecule has 1 unspecified atom stereocenters. The van der Waals surface area contributed by atoms with Gasteiger partial charge in [0.05, 0.1) is 0 Å². The van der Waals surface area contributed by atoms with Crippen LogP contribution in [0.4, 0.5) is 5.82 Å². The van der Waals surface area contributed by atoms with Crippen LogP contribution in [-0.4, -0.2) is 53.6 Å². The van der Waals surface area contributed by atoms with E-state index in [1.54, 1.807) is 0 Å². The van der Waals surface area contributed by atoms with E-state index in [2.05, 4.69) is 32.8 Å². The molecule has 2 N–H and O–H groups in total. The summed E-state index contributed by atoms with van der Waals surface area (Å²) in [7, 11) is 0. The Morgan fingerprint density at radius 2 is 2.00 bits per heavy atom. The van der Waals surface area contributed by atoms with Crippen LogP contribution in [0.25, 0.3) is 0 Å². The van der Waals surface area contributed by atoms with Crippen molar-refractivity contribution in [1.82, 2.24) is 14.9 Å². The standard InChI is InChI=1S/C16H29N5/c1-4-15(6-7-17)20-8-5-9-21(11-10-20)16-12-13(2)18-14(3)19-16/h12,15H,4-11,17H2,1-3H3. The van der Waals surface area contributed by atoms with E-state index in [1.807, 2.05) is 13.8 Å². The maximum Gasteiger partial charge on any atom is 0.132 e. The van der Waals surface area contributed by atoms with Crippen LogP contribution >= 0.6 is 0 Å². The van der Waals surface area contributed by atoms with Crippen molar-refractivity contribution in [2.24, 2.45) is 5.73 Å². The zero-order valence-corrected chi connectivity index (χ0v) is 13.7. The predicted molar refractivity (Wildman–Crippen MR) is 87.7 cm³/mol. The van der Waals surface area contributed by atoms with E-state index < -0.39 is 0 Å². The molecule has 0 amide bonds. The number of hydrogen-bond acceptors (Lipinski definition) is 5. The fourth-order valence-corrected chi connectivity index (χ4v) is 3.23. The highest BCUT2D eigenvalue weighted by Crippen LogP contribution is 2.17. The first kappa shape index (κ1) is 16.2. The third kappa shape index (κ3) is 4.38. The van der Waals surface area contributed by atoms with E-state index in [0.29, 0.717) is 6.04 Å². The molecule has 2 heterocycles. The van der Waals surface area contributed by atoms with Crippen LogP contribution in [0.5, 0.6) is 0 Å². The van der Waals surface area contributed by atoms with Crippen LogP contribution in [0.1, 0.15) is 37.7 Å². The summed E-state index contributed by atoms with van der Waals surface area (Å²) in [6.07, 6.45) is 3.47. The zero-order valence-electron chi connectivity index (χ0n) is 13.7. The number of nitrogens with zero attached hydrogens (tertiary/aromatic N) is 4. The van der Waals surface area contributed by atoms with Crippen molar-refractivity contribution in [3.63, 3.8) is 0 Å². The average Bonchev–Trinajstić information content (AvgIpc) is 2.69. The van der Waals surface area contributed by atoms with E-state index in [9.17, 15) is 0 Å². The second-order valence-corrected chi connectivity index (χ2v) is 5.93. The van der Waals surface area contributed by atoms with Gasteiger partial charge < -0.3 is 10.6 Å². The lowest BCUT2D eigenvalue weighted by molar-refractivity contribution is 0.196. The fourth-order valence-electron chi connectivity index (χ4n) is 3.23. The molecule has 0 saturated carbocycles. The predicted octanol–water partition coefficient (Wildman–Crippen LogP) is 1.73. The minimum atomic E-state index is 0.629. The zero-order chi connectivity index (χ0) is 15.2. The number of aryl methyl sites for hydroxylation is 2. The quantitative estimate of drug-likeness (QED) is 0.895. The average molecular weight is 291 g/mol. The smallest absolute Gasteiger partial charge is 0.132 e. The molecule has 1 fully saturated rings. The Morgan fingerprint density at radius 3 is 2.67 bits per heavy atom. The number of rotatable bonds is 5. The normalized spacial score (nSPS) is 18.6. The molecule has 5 nitrogen and oxygen atoms in total. The highest BCUT2D eigenvalue weighted by atomic mass is 15.3. The third-order valence-corrected chi connectivity index (χ3v) is 4.29. The largest absolute Gasteiger partial charge is 0.355 e.